The van der Waals surface area contributed by atoms with E-state index in [-0.39, 0.29) is 11.9 Å². The number of carbonyl (C=O) groups is 1. The molecule has 1 aromatic carbocycles. The van der Waals surface area contributed by atoms with Crippen LogP contribution in [0.25, 0.3) is 5.69 Å². The number of likely N-dealkylation sites (tertiary alicyclic amines) is 1. The van der Waals surface area contributed by atoms with Gasteiger partial charge in [-0.05, 0) is 58.7 Å². The van der Waals surface area contributed by atoms with Crippen LogP contribution >= 0.6 is 0 Å². The van der Waals surface area contributed by atoms with E-state index in [1.54, 1.807) is 17.3 Å². The molecule has 0 bridgehead atoms. The predicted molar refractivity (Wildman–Crippen MR) is 98.0 cm³/mol. The summed E-state index contributed by atoms with van der Waals surface area (Å²) in [4.78, 5) is 18.5. The molecule has 2 heterocycles. The fourth-order valence-electron chi connectivity index (χ4n) is 3.37. The van der Waals surface area contributed by atoms with Crippen LogP contribution in [0.3, 0.4) is 0 Å². The van der Waals surface area contributed by atoms with Crippen molar-refractivity contribution in [1.29, 1.82) is 0 Å². The molecule has 5 nitrogen and oxygen atoms in total. The maximum atomic E-state index is 13.5. The SMILES string of the molecule is Cc1c(C2CCN(C(=O)OC(C)(C)C)CC2)ncn1-c1cccc(F)c1. The number of amides is 1. The standard InChI is InChI=1S/C20H26FN3O2/c1-14-18(22-13-24(14)17-7-5-6-16(21)12-17)15-8-10-23(11-9-15)19(25)26-20(2,3)4/h5-7,12-13,15H,8-11H2,1-4H3. The summed E-state index contributed by atoms with van der Waals surface area (Å²) >= 11 is 0. The maximum Gasteiger partial charge on any atom is 0.410 e. The summed E-state index contributed by atoms with van der Waals surface area (Å²) in [6.45, 7) is 8.95. The minimum Gasteiger partial charge on any atom is -0.444 e. The lowest BCUT2D eigenvalue weighted by molar-refractivity contribution is 0.0204. The van der Waals surface area contributed by atoms with Gasteiger partial charge in [-0.1, -0.05) is 6.07 Å². The highest BCUT2D eigenvalue weighted by molar-refractivity contribution is 5.68. The zero-order valence-corrected chi connectivity index (χ0v) is 15.8. The smallest absolute Gasteiger partial charge is 0.410 e. The molecule has 6 heteroatoms. The number of aromatic nitrogens is 2. The summed E-state index contributed by atoms with van der Waals surface area (Å²) in [6.07, 6.45) is 3.19. The second-order valence-electron chi connectivity index (χ2n) is 7.81. The third-order valence-electron chi connectivity index (χ3n) is 4.66. The summed E-state index contributed by atoms with van der Waals surface area (Å²) in [6, 6.07) is 6.50. The summed E-state index contributed by atoms with van der Waals surface area (Å²) in [5.41, 5.74) is 2.34. The number of rotatable bonds is 2. The van der Waals surface area contributed by atoms with Crippen molar-refractivity contribution in [3.63, 3.8) is 0 Å². The summed E-state index contributed by atoms with van der Waals surface area (Å²) in [5.74, 6) is 0.0336. The first kappa shape index (κ1) is 18.4. The number of ether oxygens (including phenoxy) is 1. The van der Waals surface area contributed by atoms with Crippen LogP contribution in [0.5, 0.6) is 0 Å². The average Bonchev–Trinajstić information content (AvgIpc) is 2.95. The number of imidazole rings is 1. The van der Waals surface area contributed by atoms with E-state index in [1.807, 2.05) is 38.3 Å². The van der Waals surface area contributed by atoms with E-state index in [2.05, 4.69) is 4.98 Å². The van der Waals surface area contributed by atoms with E-state index in [0.29, 0.717) is 19.0 Å². The van der Waals surface area contributed by atoms with Gasteiger partial charge in [-0.3, -0.25) is 0 Å². The summed E-state index contributed by atoms with van der Waals surface area (Å²) in [5, 5.41) is 0. The molecule has 2 aromatic rings. The molecule has 26 heavy (non-hydrogen) atoms. The van der Waals surface area contributed by atoms with E-state index < -0.39 is 5.60 Å². The summed E-state index contributed by atoms with van der Waals surface area (Å²) < 4.78 is 20.9. The van der Waals surface area contributed by atoms with Crippen LogP contribution in [-0.4, -0.2) is 39.2 Å². The molecular formula is C20H26FN3O2. The van der Waals surface area contributed by atoms with Crippen molar-refractivity contribution >= 4 is 6.09 Å². The molecule has 1 saturated heterocycles. The zero-order valence-electron chi connectivity index (χ0n) is 15.8. The third kappa shape index (κ3) is 4.06. The quantitative estimate of drug-likeness (QED) is 0.797. The van der Waals surface area contributed by atoms with Crippen LogP contribution < -0.4 is 0 Å². The Labute approximate surface area is 153 Å². The Morgan fingerprint density at radius 1 is 1.27 bits per heavy atom. The molecule has 1 aliphatic heterocycles. The maximum absolute atomic E-state index is 13.5. The minimum atomic E-state index is -0.478. The first-order valence-corrected chi connectivity index (χ1v) is 9.02. The lowest BCUT2D eigenvalue weighted by Gasteiger charge is -2.33. The Hall–Kier alpha value is -2.37. The first-order valence-electron chi connectivity index (χ1n) is 9.02. The molecule has 0 aliphatic carbocycles. The number of halogens is 1. The van der Waals surface area contributed by atoms with Crippen molar-refractivity contribution in [2.24, 2.45) is 0 Å². The van der Waals surface area contributed by atoms with Crippen LogP contribution in [0, 0.1) is 12.7 Å². The van der Waals surface area contributed by atoms with Crippen LogP contribution in [0.4, 0.5) is 9.18 Å². The highest BCUT2D eigenvalue weighted by Gasteiger charge is 2.29. The number of carbonyl (C=O) groups excluding carboxylic acids is 1. The van der Waals surface area contributed by atoms with Crippen LogP contribution in [0.2, 0.25) is 0 Å². The Bertz CT molecular complexity index is 787. The van der Waals surface area contributed by atoms with Crippen LogP contribution in [-0.2, 0) is 4.74 Å². The predicted octanol–water partition coefficient (Wildman–Crippen LogP) is 4.43. The number of piperidine rings is 1. The van der Waals surface area contributed by atoms with Gasteiger partial charge in [0, 0.05) is 30.4 Å². The van der Waals surface area contributed by atoms with E-state index in [1.165, 1.54) is 12.1 Å². The fraction of sp³-hybridized carbons (Fsp3) is 0.500. The highest BCUT2D eigenvalue weighted by atomic mass is 19.1. The fourth-order valence-corrected chi connectivity index (χ4v) is 3.37. The molecular weight excluding hydrogens is 333 g/mol. The van der Waals surface area contributed by atoms with Crippen molar-refractivity contribution in [1.82, 2.24) is 14.5 Å². The molecule has 0 spiro atoms. The highest BCUT2D eigenvalue weighted by Crippen LogP contribution is 2.30. The number of hydrogen-bond acceptors (Lipinski definition) is 3. The van der Waals surface area contributed by atoms with Crippen LogP contribution in [0.1, 0.15) is 50.9 Å². The van der Waals surface area contributed by atoms with Crippen molar-refractivity contribution in [3.05, 3.63) is 47.8 Å². The molecule has 0 N–H and O–H groups in total. The molecule has 0 saturated carbocycles. The van der Waals surface area contributed by atoms with E-state index in [9.17, 15) is 9.18 Å². The molecule has 1 aliphatic rings. The second-order valence-corrected chi connectivity index (χ2v) is 7.81. The van der Waals surface area contributed by atoms with Gasteiger partial charge >= 0.3 is 6.09 Å². The molecule has 1 fully saturated rings. The van der Waals surface area contributed by atoms with Crippen molar-refractivity contribution in [2.75, 3.05) is 13.1 Å². The van der Waals surface area contributed by atoms with E-state index >= 15 is 0 Å². The van der Waals surface area contributed by atoms with Gasteiger partial charge in [0.15, 0.2) is 0 Å². The minimum absolute atomic E-state index is 0.252. The van der Waals surface area contributed by atoms with Gasteiger partial charge in [-0.15, -0.1) is 0 Å². The average molecular weight is 359 g/mol. The molecule has 0 atom stereocenters. The number of nitrogens with zero attached hydrogens (tertiary/aromatic N) is 3. The molecule has 1 amide bonds. The Balaban J connectivity index is 1.68. The normalized spacial score (nSPS) is 16.0. The van der Waals surface area contributed by atoms with Gasteiger partial charge in [-0.25, -0.2) is 14.2 Å². The molecule has 1 aromatic heterocycles. The third-order valence-corrected chi connectivity index (χ3v) is 4.66. The van der Waals surface area contributed by atoms with E-state index in [0.717, 1.165) is 29.9 Å². The lowest BCUT2D eigenvalue weighted by Crippen LogP contribution is -2.41. The van der Waals surface area contributed by atoms with Gasteiger partial charge in [0.25, 0.3) is 0 Å². The molecule has 3 rings (SSSR count). The second kappa shape index (κ2) is 7.09. The van der Waals surface area contributed by atoms with Gasteiger partial charge in [0.05, 0.1) is 12.0 Å². The monoisotopic (exact) mass is 359 g/mol. The van der Waals surface area contributed by atoms with Crippen molar-refractivity contribution in [3.8, 4) is 5.69 Å². The largest absolute Gasteiger partial charge is 0.444 e. The lowest BCUT2D eigenvalue weighted by atomic mass is 9.92. The van der Waals surface area contributed by atoms with Gasteiger partial charge in [0.2, 0.25) is 0 Å². The number of benzene rings is 1. The van der Waals surface area contributed by atoms with Crippen LogP contribution in [0.15, 0.2) is 30.6 Å². The molecule has 0 unspecified atom stereocenters. The Morgan fingerprint density at radius 3 is 2.58 bits per heavy atom. The summed E-state index contributed by atoms with van der Waals surface area (Å²) in [7, 11) is 0. The Kier molecular flexibility index (Phi) is 5.03. The van der Waals surface area contributed by atoms with Gasteiger partial charge in [-0.2, -0.15) is 0 Å². The van der Waals surface area contributed by atoms with Gasteiger partial charge in [0.1, 0.15) is 11.4 Å². The topological polar surface area (TPSA) is 47.4 Å². The zero-order chi connectivity index (χ0) is 18.9. The van der Waals surface area contributed by atoms with Crippen molar-refractivity contribution < 1.29 is 13.9 Å². The first-order chi connectivity index (χ1) is 12.2. The van der Waals surface area contributed by atoms with E-state index in [4.69, 9.17) is 4.74 Å². The number of hydrogen-bond donors (Lipinski definition) is 0. The molecule has 140 valence electrons. The molecule has 0 radical (unpaired) electrons. The van der Waals surface area contributed by atoms with Gasteiger partial charge < -0.3 is 14.2 Å². The van der Waals surface area contributed by atoms with Crippen molar-refractivity contribution in [2.45, 2.75) is 52.1 Å². The Morgan fingerprint density at radius 2 is 1.96 bits per heavy atom.